The average Bonchev–Trinajstić information content (AvgIpc) is 2.39. The van der Waals surface area contributed by atoms with E-state index in [1.807, 2.05) is 19.1 Å². The van der Waals surface area contributed by atoms with Gasteiger partial charge in [0, 0.05) is 29.9 Å². The average molecular weight is 244 g/mol. The van der Waals surface area contributed by atoms with Gasteiger partial charge in [0.05, 0.1) is 18.6 Å². The molecule has 0 amide bonds. The van der Waals surface area contributed by atoms with E-state index in [-0.39, 0.29) is 5.41 Å². The third-order valence-electron chi connectivity index (χ3n) is 3.78. The number of rotatable bonds is 3. The largest absolute Gasteiger partial charge is 0.497 e. The highest BCUT2D eigenvalue weighted by Crippen LogP contribution is 2.38. The van der Waals surface area contributed by atoms with E-state index in [2.05, 4.69) is 11.1 Å². The summed E-state index contributed by atoms with van der Waals surface area (Å²) in [5, 5.41) is 9.49. The number of hydrogen-bond acceptors (Lipinski definition) is 3. The fourth-order valence-corrected chi connectivity index (χ4v) is 2.81. The van der Waals surface area contributed by atoms with Gasteiger partial charge in [-0.2, -0.15) is 5.26 Å². The molecule has 0 bridgehead atoms. The minimum Gasteiger partial charge on any atom is -0.497 e. The van der Waals surface area contributed by atoms with Crippen LogP contribution in [-0.4, -0.2) is 12.1 Å². The van der Waals surface area contributed by atoms with Gasteiger partial charge < -0.3 is 4.74 Å². The van der Waals surface area contributed by atoms with Crippen LogP contribution in [0.1, 0.15) is 43.5 Å². The first-order chi connectivity index (χ1) is 8.67. The highest BCUT2D eigenvalue weighted by atomic mass is 16.5. The maximum Gasteiger partial charge on any atom is 0.122 e. The summed E-state index contributed by atoms with van der Waals surface area (Å²) in [6, 6.07) is 6.42. The first-order valence-electron chi connectivity index (χ1n) is 6.60. The van der Waals surface area contributed by atoms with E-state index in [0.29, 0.717) is 0 Å². The molecule has 0 saturated heterocycles. The minimum absolute atomic E-state index is 0.204. The summed E-state index contributed by atoms with van der Waals surface area (Å²) in [4.78, 5) is 4.54. The van der Waals surface area contributed by atoms with Gasteiger partial charge in [-0.25, -0.2) is 0 Å². The fourth-order valence-electron chi connectivity index (χ4n) is 2.81. The molecule has 2 rings (SSSR count). The van der Waals surface area contributed by atoms with Crippen molar-refractivity contribution in [2.75, 3.05) is 7.11 Å². The van der Waals surface area contributed by atoms with Crippen LogP contribution in [0.25, 0.3) is 0 Å². The van der Waals surface area contributed by atoms with Gasteiger partial charge in [-0.15, -0.1) is 0 Å². The second-order valence-electron chi connectivity index (χ2n) is 5.27. The highest BCUT2D eigenvalue weighted by molar-refractivity contribution is 5.28. The molecule has 1 heterocycles. The Hall–Kier alpha value is -1.56. The number of nitrogens with zero attached hydrogens (tertiary/aromatic N) is 2. The lowest BCUT2D eigenvalue weighted by molar-refractivity contribution is 0.263. The smallest absolute Gasteiger partial charge is 0.122 e. The fraction of sp³-hybridized carbons (Fsp3) is 0.600. The summed E-state index contributed by atoms with van der Waals surface area (Å²) < 4.78 is 5.27. The molecule has 1 aliphatic carbocycles. The summed E-state index contributed by atoms with van der Waals surface area (Å²) >= 11 is 0. The molecule has 1 saturated carbocycles. The lowest BCUT2D eigenvalue weighted by Crippen LogP contribution is -2.25. The lowest BCUT2D eigenvalue weighted by Gasteiger charge is -2.30. The van der Waals surface area contributed by atoms with Gasteiger partial charge in [-0.05, 0) is 19.8 Å². The second-order valence-corrected chi connectivity index (χ2v) is 5.27. The van der Waals surface area contributed by atoms with Crippen LogP contribution in [-0.2, 0) is 6.42 Å². The van der Waals surface area contributed by atoms with Crippen molar-refractivity contribution in [2.24, 2.45) is 5.41 Å². The summed E-state index contributed by atoms with van der Waals surface area (Å²) in [5.74, 6) is 0.835. The Morgan fingerprint density at radius 2 is 2.06 bits per heavy atom. The minimum atomic E-state index is -0.204. The predicted octanol–water partition coefficient (Wildman–Crippen LogP) is 3.42. The van der Waals surface area contributed by atoms with Crippen LogP contribution in [0.3, 0.4) is 0 Å². The number of aryl methyl sites for hydroxylation is 1. The lowest BCUT2D eigenvalue weighted by atomic mass is 9.72. The summed E-state index contributed by atoms with van der Waals surface area (Å²) in [6.45, 7) is 1.96. The highest BCUT2D eigenvalue weighted by Gasteiger charge is 2.32. The molecule has 0 aliphatic heterocycles. The third-order valence-corrected chi connectivity index (χ3v) is 3.78. The maximum absolute atomic E-state index is 9.49. The van der Waals surface area contributed by atoms with Gasteiger partial charge in [0.1, 0.15) is 5.75 Å². The first-order valence-corrected chi connectivity index (χ1v) is 6.60. The number of methoxy groups -OCH3 is 1. The van der Waals surface area contributed by atoms with Gasteiger partial charge in [0.2, 0.25) is 0 Å². The molecule has 3 nitrogen and oxygen atoms in total. The SMILES string of the molecule is COc1cc(C)nc(CC2(C#N)CCCCC2)c1. The van der Waals surface area contributed by atoms with Crippen molar-refractivity contribution < 1.29 is 4.74 Å². The maximum atomic E-state index is 9.49. The van der Waals surface area contributed by atoms with Crippen molar-refractivity contribution in [3.63, 3.8) is 0 Å². The van der Waals surface area contributed by atoms with Crippen molar-refractivity contribution in [3.8, 4) is 11.8 Å². The second kappa shape index (κ2) is 5.39. The quantitative estimate of drug-likeness (QED) is 0.818. The monoisotopic (exact) mass is 244 g/mol. The number of nitriles is 1. The van der Waals surface area contributed by atoms with Crippen LogP contribution >= 0.6 is 0 Å². The molecular weight excluding hydrogens is 224 g/mol. The van der Waals surface area contributed by atoms with Gasteiger partial charge in [0.25, 0.3) is 0 Å². The number of hydrogen-bond donors (Lipinski definition) is 0. The van der Waals surface area contributed by atoms with E-state index >= 15 is 0 Å². The van der Waals surface area contributed by atoms with Crippen LogP contribution in [0, 0.1) is 23.7 Å². The van der Waals surface area contributed by atoms with Crippen LogP contribution < -0.4 is 4.74 Å². The Morgan fingerprint density at radius 1 is 1.33 bits per heavy atom. The normalized spacial score (nSPS) is 18.1. The van der Waals surface area contributed by atoms with E-state index in [9.17, 15) is 5.26 Å². The Kier molecular flexibility index (Phi) is 3.86. The molecule has 0 unspecified atom stereocenters. The molecule has 0 N–H and O–H groups in total. The molecule has 3 heteroatoms. The molecule has 0 radical (unpaired) electrons. The Labute approximate surface area is 109 Å². The number of aromatic nitrogens is 1. The molecule has 1 aromatic rings. The van der Waals surface area contributed by atoms with Gasteiger partial charge in [-0.1, -0.05) is 19.3 Å². The van der Waals surface area contributed by atoms with E-state index in [4.69, 9.17) is 4.74 Å². The standard InChI is InChI=1S/C15H20N2O/c1-12-8-14(18-2)9-13(17-12)10-15(11-16)6-4-3-5-7-15/h8-9H,3-7,10H2,1-2H3. The zero-order valence-electron chi connectivity index (χ0n) is 11.2. The number of ether oxygens (including phenoxy) is 1. The van der Waals surface area contributed by atoms with Crippen molar-refractivity contribution >= 4 is 0 Å². The van der Waals surface area contributed by atoms with Gasteiger partial charge in [-0.3, -0.25) is 4.98 Å². The molecule has 0 spiro atoms. The third kappa shape index (κ3) is 2.81. The number of pyridine rings is 1. The first kappa shape index (κ1) is 12.9. The van der Waals surface area contributed by atoms with Crippen molar-refractivity contribution in [3.05, 3.63) is 23.5 Å². The molecule has 0 atom stereocenters. The van der Waals surface area contributed by atoms with Gasteiger partial charge in [0.15, 0.2) is 0 Å². The molecule has 0 aromatic carbocycles. The Balaban J connectivity index is 2.21. The molecule has 18 heavy (non-hydrogen) atoms. The van der Waals surface area contributed by atoms with Crippen molar-refractivity contribution in [2.45, 2.75) is 45.4 Å². The van der Waals surface area contributed by atoms with Crippen molar-refractivity contribution in [1.29, 1.82) is 5.26 Å². The van der Waals surface area contributed by atoms with E-state index in [1.54, 1.807) is 7.11 Å². The van der Waals surface area contributed by atoms with Crippen LogP contribution in [0.15, 0.2) is 12.1 Å². The van der Waals surface area contributed by atoms with Crippen LogP contribution in [0.4, 0.5) is 0 Å². The Bertz CT molecular complexity index is 456. The molecule has 1 aromatic heterocycles. The zero-order chi connectivity index (χ0) is 13.0. The zero-order valence-corrected chi connectivity index (χ0v) is 11.2. The Morgan fingerprint density at radius 3 is 2.67 bits per heavy atom. The molecule has 1 aliphatic rings. The summed E-state index contributed by atoms with van der Waals surface area (Å²) in [6.07, 6.45) is 6.34. The molecular formula is C15H20N2O. The van der Waals surface area contributed by atoms with Crippen LogP contribution in [0.2, 0.25) is 0 Å². The summed E-state index contributed by atoms with van der Waals surface area (Å²) in [7, 11) is 1.67. The van der Waals surface area contributed by atoms with E-state index in [0.717, 1.165) is 49.2 Å². The van der Waals surface area contributed by atoms with Crippen LogP contribution in [0.5, 0.6) is 5.75 Å². The molecule has 1 fully saturated rings. The van der Waals surface area contributed by atoms with Gasteiger partial charge >= 0.3 is 0 Å². The predicted molar refractivity (Wildman–Crippen MR) is 70.4 cm³/mol. The van der Waals surface area contributed by atoms with E-state index < -0.39 is 0 Å². The topological polar surface area (TPSA) is 45.9 Å². The molecule has 96 valence electrons. The summed E-state index contributed by atoms with van der Waals surface area (Å²) in [5.41, 5.74) is 1.73. The van der Waals surface area contributed by atoms with E-state index in [1.165, 1.54) is 6.42 Å². The van der Waals surface area contributed by atoms with Crippen molar-refractivity contribution in [1.82, 2.24) is 4.98 Å².